The van der Waals surface area contributed by atoms with Crippen molar-refractivity contribution < 1.29 is 22.4 Å². The van der Waals surface area contributed by atoms with Crippen LogP contribution in [0.1, 0.15) is 16.7 Å². The molecule has 0 fully saturated rings. The summed E-state index contributed by atoms with van der Waals surface area (Å²) < 4.78 is 51.9. The molecule has 0 bridgehead atoms. The molecule has 1 amide bonds. The number of hydrogen-bond acceptors (Lipinski definition) is 1. The molecule has 0 saturated heterocycles. The van der Waals surface area contributed by atoms with Gasteiger partial charge >= 0.3 is 6.18 Å². The molecule has 0 aliphatic carbocycles. The van der Waals surface area contributed by atoms with Crippen molar-refractivity contribution in [3.63, 3.8) is 0 Å². The predicted octanol–water partition coefficient (Wildman–Crippen LogP) is 4.99. The minimum atomic E-state index is -4.51. The second kappa shape index (κ2) is 5.38. The van der Waals surface area contributed by atoms with Gasteiger partial charge in [0.15, 0.2) is 0 Å². The van der Waals surface area contributed by atoms with Crippen LogP contribution in [-0.4, -0.2) is 5.91 Å². The first-order chi connectivity index (χ1) is 10.8. The van der Waals surface area contributed by atoms with E-state index in [0.717, 1.165) is 12.1 Å². The Morgan fingerprint density at radius 2 is 1.87 bits per heavy atom. The number of hydrogen-bond donors (Lipinski definition) is 1. The van der Waals surface area contributed by atoms with Crippen molar-refractivity contribution in [1.82, 2.24) is 0 Å². The molecule has 0 atom stereocenters. The van der Waals surface area contributed by atoms with Gasteiger partial charge in [0.05, 0.1) is 10.6 Å². The Balaban J connectivity index is 2.11. The topological polar surface area (TPSA) is 29.1 Å². The first-order valence-corrected chi connectivity index (χ1v) is 6.84. The summed E-state index contributed by atoms with van der Waals surface area (Å²) in [4.78, 5) is 12.0. The fourth-order valence-corrected chi connectivity index (χ4v) is 2.52. The number of carbonyl (C=O) groups excluding carboxylic acids is 1. The third kappa shape index (κ3) is 2.82. The molecular weight excluding hydrogens is 334 g/mol. The minimum absolute atomic E-state index is 0.00654. The maximum atomic E-state index is 13.8. The molecule has 118 valence electrons. The molecule has 0 aromatic heterocycles. The van der Waals surface area contributed by atoms with Crippen molar-refractivity contribution in [2.45, 2.75) is 6.18 Å². The van der Waals surface area contributed by atoms with Gasteiger partial charge in [-0.15, -0.1) is 0 Å². The summed E-state index contributed by atoms with van der Waals surface area (Å²) in [5.41, 5.74) is -0.514. The third-order valence-corrected chi connectivity index (χ3v) is 3.75. The van der Waals surface area contributed by atoms with Gasteiger partial charge in [-0.2, -0.15) is 13.2 Å². The fraction of sp³-hybridized carbons (Fsp3) is 0.0625. The van der Waals surface area contributed by atoms with Crippen LogP contribution >= 0.6 is 11.6 Å². The predicted molar refractivity (Wildman–Crippen MR) is 79.4 cm³/mol. The molecular formula is C16H8ClF4NO. The van der Waals surface area contributed by atoms with E-state index in [1.807, 2.05) is 0 Å². The molecule has 2 aromatic carbocycles. The molecule has 0 saturated carbocycles. The van der Waals surface area contributed by atoms with E-state index >= 15 is 0 Å². The molecule has 7 heteroatoms. The number of halogens is 5. The Kier molecular flexibility index (Phi) is 3.64. The highest BCUT2D eigenvalue weighted by atomic mass is 35.5. The van der Waals surface area contributed by atoms with E-state index in [1.165, 1.54) is 30.3 Å². The average Bonchev–Trinajstić information content (AvgIpc) is 2.77. The van der Waals surface area contributed by atoms with Crippen molar-refractivity contribution in [3.05, 3.63) is 63.9 Å². The van der Waals surface area contributed by atoms with Crippen molar-refractivity contribution in [2.75, 3.05) is 5.32 Å². The Hall–Kier alpha value is -2.34. The number of anilines is 1. The third-order valence-electron chi connectivity index (χ3n) is 3.42. The van der Waals surface area contributed by atoms with Gasteiger partial charge in [0.2, 0.25) is 0 Å². The number of amides is 1. The van der Waals surface area contributed by atoms with Gasteiger partial charge in [0.1, 0.15) is 5.82 Å². The quantitative estimate of drug-likeness (QED) is 0.574. The number of benzene rings is 2. The largest absolute Gasteiger partial charge is 0.416 e. The van der Waals surface area contributed by atoms with E-state index < -0.39 is 23.5 Å². The average molecular weight is 342 g/mol. The summed E-state index contributed by atoms with van der Waals surface area (Å²) in [6, 6.07) is 6.94. The van der Waals surface area contributed by atoms with Crippen LogP contribution in [0.3, 0.4) is 0 Å². The Morgan fingerprint density at radius 3 is 2.52 bits per heavy atom. The van der Waals surface area contributed by atoms with Crippen LogP contribution in [0.5, 0.6) is 0 Å². The number of alkyl halides is 3. The lowest BCUT2D eigenvalue weighted by atomic mass is 10.0. The molecule has 23 heavy (non-hydrogen) atoms. The summed E-state index contributed by atoms with van der Waals surface area (Å²) in [5.74, 6) is -1.24. The number of nitrogens with one attached hydrogen (secondary N) is 1. The molecule has 3 rings (SSSR count). The molecule has 0 spiro atoms. The van der Waals surface area contributed by atoms with E-state index in [2.05, 4.69) is 5.32 Å². The molecule has 1 N–H and O–H groups in total. The van der Waals surface area contributed by atoms with Crippen molar-refractivity contribution in [1.29, 1.82) is 0 Å². The zero-order chi connectivity index (χ0) is 16.8. The van der Waals surface area contributed by atoms with E-state index in [1.54, 1.807) is 0 Å². The zero-order valence-electron chi connectivity index (χ0n) is 11.3. The Morgan fingerprint density at radius 1 is 1.13 bits per heavy atom. The van der Waals surface area contributed by atoms with Gasteiger partial charge in [0, 0.05) is 22.4 Å². The molecule has 0 radical (unpaired) electrons. The fourth-order valence-electron chi connectivity index (χ4n) is 2.31. The van der Waals surface area contributed by atoms with E-state index in [4.69, 9.17) is 11.6 Å². The second-order valence-corrected chi connectivity index (χ2v) is 5.31. The van der Waals surface area contributed by atoms with E-state index in [0.29, 0.717) is 0 Å². The number of rotatable bonds is 1. The molecule has 0 unspecified atom stereocenters. The lowest BCUT2D eigenvalue weighted by Gasteiger charge is -2.08. The van der Waals surface area contributed by atoms with Gasteiger partial charge in [-0.3, -0.25) is 4.79 Å². The summed E-state index contributed by atoms with van der Waals surface area (Å²) in [6.07, 6.45) is -3.28. The molecule has 1 aliphatic rings. The van der Waals surface area contributed by atoms with Crippen LogP contribution in [0, 0.1) is 5.82 Å². The van der Waals surface area contributed by atoms with Crippen LogP contribution in [0.2, 0.25) is 5.02 Å². The second-order valence-electron chi connectivity index (χ2n) is 4.91. The van der Waals surface area contributed by atoms with E-state index in [-0.39, 0.29) is 27.4 Å². The van der Waals surface area contributed by atoms with Gasteiger partial charge in [0.25, 0.3) is 5.91 Å². The summed E-state index contributed by atoms with van der Waals surface area (Å²) in [5, 5.41) is 2.45. The zero-order valence-corrected chi connectivity index (χ0v) is 12.1. The van der Waals surface area contributed by atoms with Gasteiger partial charge in [-0.05, 0) is 30.3 Å². The van der Waals surface area contributed by atoms with Crippen LogP contribution in [0.4, 0.5) is 23.2 Å². The molecule has 1 aliphatic heterocycles. The summed E-state index contributed by atoms with van der Waals surface area (Å²) in [6.45, 7) is 0. The van der Waals surface area contributed by atoms with Crippen LogP contribution in [0.15, 0.2) is 36.4 Å². The summed E-state index contributed by atoms with van der Waals surface area (Å²) >= 11 is 5.90. The van der Waals surface area contributed by atoms with Crippen LogP contribution in [-0.2, 0) is 11.0 Å². The lowest BCUT2D eigenvalue weighted by Crippen LogP contribution is -2.06. The standard InChI is InChI=1S/C16H8ClF4NO/c17-12-2-1-3-13(18)11(12)7-10-9-5-4-8(16(19,20)21)6-14(9)22-15(10)23/h1-7H,(H,22,23)/b10-7+. The maximum absolute atomic E-state index is 13.8. The monoisotopic (exact) mass is 341 g/mol. The highest BCUT2D eigenvalue weighted by Crippen LogP contribution is 2.39. The number of carbonyl (C=O) groups is 1. The van der Waals surface area contributed by atoms with Gasteiger partial charge < -0.3 is 5.32 Å². The van der Waals surface area contributed by atoms with Crippen molar-refractivity contribution >= 4 is 34.8 Å². The van der Waals surface area contributed by atoms with E-state index in [9.17, 15) is 22.4 Å². The SMILES string of the molecule is O=C1Nc2cc(C(F)(F)F)ccc2/C1=C\c1c(F)cccc1Cl. The van der Waals surface area contributed by atoms with Gasteiger partial charge in [-0.25, -0.2) is 4.39 Å². The normalized spacial score (nSPS) is 15.7. The first kappa shape index (κ1) is 15.6. The highest BCUT2D eigenvalue weighted by molar-refractivity contribution is 6.37. The minimum Gasteiger partial charge on any atom is -0.321 e. The maximum Gasteiger partial charge on any atom is 0.416 e. The molecule has 1 heterocycles. The Labute approximate surface area is 133 Å². The van der Waals surface area contributed by atoms with Crippen molar-refractivity contribution in [2.24, 2.45) is 0 Å². The first-order valence-electron chi connectivity index (χ1n) is 6.46. The van der Waals surface area contributed by atoms with Crippen molar-refractivity contribution in [3.8, 4) is 0 Å². The van der Waals surface area contributed by atoms with Crippen LogP contribution < -0.4 is 5.32 Å². The number of fused-ring (bicyclic) bond motifs is 1. The van der Waals surface area contributed by atoms with Crippen LogP contribution in [0.25, 0.3) is 11.6 Å². The molecule has 2 nitrogen and oxygen atoms in total. The van der Waals surface area contributed by atoms with Gasteiger partial charge in [-0.1, -0.05) is 23.7 Å². The Bertz CT molecular complexity index is 822. The smallest absolute Gasteiger partial charge is 0.321 e. The summed E-state index contributed by atoms with van der Waals surface area (Å²) in [7, 11) is 0. The molecule has 2 aromatic rings. The lowest BCUT2D eigenvalue weighted by molar-refractivity contribution is -0.137. The highest BCUT2D eigenvalue weighted by Gasteiger charge is 2.33.